The van der Waals surface area contributed by atoms with Gasteiger partial charge in [-0.3, -0.25) is 4.72 Å². The lowest BCUT2D eigenvalue weighted by Gasteiger charge is -2.08. The lowest BCUT2D eigenvalue weighted by molar-refractivity contribution is 0.0702. The van der Waals surface area contributed by atoms with Gasteiger partial charge < -0.3 is 5.11 Å². The van der Waals surface area contributed by atoms with E-state index in [1.165, 1.54) is 12.1 Å². The summed E-state index contributed by atoms with van der Waals surface area (Å²) in [5.41, 5.74) is 0.248. The Bertz CT molecular complexity index is 772. The predicted octanol–water partition coefficient (Wildman–Crippen LogP) is 3.51. The van der Waals surface area contributed by atoms with Crippen LogP contribution < -0.4 is 4.72 Å². The summed E-state index contributed by atoms with van der Waals surface area (Å²) in [5, 5.41) is 9.08. The number of benzene rings is 1. The van der Waals surface area contributed by atoms with Crippen molar-refractivity contribution in [2.75, 3.05) is 4.72 Å². The molecular weight excluding hydrogens is 437 g/mol. The van der Waals surface area contributed by atoms with Gasteiger partial charge >= 0.3 is 5.97 Å². The molecule has 1 aromatic carbocycles. The van der Waals surface area contributed by atoms with Crippen LogP contribution >= 0.6 is 45.5 Å². The average Bonchev–Trinajstić information content (AvgIpc) is 2.83. The van der Waals surface area contributed by atoms with Crippen LogP contribution in [0, 0.1) is 3.57 Å². The van der Waals surface area contributed by atoms with E-state index in [2.05, 4.69) is 27.3 Å². The molecule has 1 aromatic heterocycles. The fourth-order valence-electron chi connectivity index (χ4n) is 1.35. The molecule has 2 N–H and O–H groups in total. The minimum Gasteiger partial charge on any atom is -0.477 e. The molecule has 0 fully saturated rings. The molecule has 20 heavy (non-hydrogen) atoms. The van der Waals surface area contributed by atoms with Crippen LogP contribution in [0.2, 0.25) is 5.02 Å². The van der Waals surface area contributed by atoms with Gasteiger partial charge in [-0.1, -0.05) is 11.6 Å². The van der Waals surface area contributed by atoms with E-state index < -0.39 is 16.0 Å². The number of halogens is 2. The van der Waals surface area contributed by atoms with Crippen molar-refractivity contribution in [1.82, 2.24) is 0 Å². The largest absolute Gasteiger partial charge is 0.477 e. The molecule has 106 valence electrons. The van der Waals surface area contributed by atoms with Crippen molar-refractivity contribution in [3.63, 3.8) is 0 Å². The number of sulfonamides is 1. The highest BCUT2D eigenvalue weighted by molar-refractivity contribution is 14.1. The van der Waals surface area contributed by atoms with E-state index in [4.69, 9.17) is 16.7 Å². The van der Waals surface area contributed by atoms with Gasteiger partial charge in [0.2, 0.25) is 0 Å². The van der Waals surface area contributed by atoms with Gasteiger partial charge in [-0.05, 0) is 52.9 Å². The van der Waals surface area contributed by atoms with E-state index in [0.29, 0.717) is 11.3 Å². The topological polar surface area (TPSA) is 83.5 Å². The zero-order valence-electron chi connectivity index (χ0n) is 9.63. The summed E-state index contributed by atoms with van der Waals surface area (Å²) in [4.78, 5) is 10.7. The maximum Gasteiger partial charge on any atom is 0.345 e. The molecule has 0 bridgehead atoms. The number of hydrogen-bond donors (Lipinski definition) is 2. The van der Waals surface area contributed by atoms with E-state index in [-0.39, 0.29) is 19.8 Å². The highest BCUT2D eigenvalue weighted by Crippen LogP contribution is 2.28. The average molecular weight is 444 g/mol. The molecule has 0 saturated heterocycles. The van der Waals surface area contributed by atoms with Gasteiger partial charge in [0, 0.05) is 3.57 Å². The molecule has 0 aliphatic carbocycles. The SMILES string of the molecule is O=C(O)c1ccc(S(=O)(=O)Nc2ccc(I)cc2Cl)s1. The number of carboxylic acid groups (broad SMARTS) is 1. The number of aromatic carboxylic acids is 1. The van der Waals surface area contributed by atoms with Gasteiger partial charge in [0.1, 0.15) is 9.09 Å². The van der Waals surface area contributed by atoms with Gasteiger partial charge in [-0.25, -0.2) is 13.2 Å². The second-order valence-corrected chi connectivity index (χ2v) is 8.30. The van der Waals surface area contributed by atoms with Crippen LogP contribution in [-0.4, -0.2) is 19.5 Å². The Morgan fingerprint density at radius 3 is 2.55 bits per heavy atom. The molecule has 5 nitrogen and oxygen atoms in total. The lowest BCUT2D eigenvalue weighted by atomic mass is 10.3. The minimum absolute atomic E-state index is 0.0425. The summed E-state index contributed by atoms with van der Waals surface area (Å²) in [5.74, 6) is -1.16. The van der Waals surface area contributed by atoms with Crippen molar-refractivity contribution in [2.45, 2.75) is 4.21 Å². The predicted molar refractivity (Wildman–Crippen MR) is 86.3 cm³/mol. The van der Waals surface area contributed by atoms with E-state index in [9.17, 15) is 13.2 Å². The van der Waals surface area contributed by atoms with E-state index in [1.54, 1.807) is 18.2 Å². The van der Waals surface area contributed by atoms with Crippen molar-refractivity contribution in [2.24, 2.45) is 0 Å². The number of carbonyl (C=O) groups is 1. The van der Waals surface area contributed by atoms with E-state index in [0.717, 1.165) is 3.57 Å². The first-order chi connectivity index (χ1) is 9.29. The molecule has 0 aliphatic heterocycles. The maximum atomic E-state index is 12.1. The molecule has 0 amide bonds. The molecular formula is C11H7ClINO4S2. The summed E-state index contributed by atoms with van der Waals surface area (Å²) in [6.07, 6.45) is 0. The van der Waals surface area contributed by atoms with Crippen LogP contribution in [0.5, 0.6) is 0 Å². The highest BCUT2D eigenvalue weighted by atomic mass is 127. The quantitative estimate of drug-likeness (QED) is 0.709. The van der Waals surface area contributed by atoms with Crippen LogP contribution in [0.3, 0.4) is 0 Å². The zero-order valence-corrected chi connectivity index (χ0v) is 14.2. The number of anilines is 1. The second kappa shape index (κ2) is 5.88. The molecule has 0 spiro atoms. The van der Waals surface area contributed by atoms with Crippen LogP contribution in [0.25, 0.3) is 0 Å². The molecule has 0 aliphatic rings. The standard InChI is InChI=1S/C11H7ClINO4S2/c12-7-5-6(13)1-2-8(7)14-20(17,18)10-4-3-9(19-10)11(15)16/h1-5,14H,(H,15,16). The molecule has 1 heterocycles. The fourth-order valence-corrected chi connectivity index (χ4v) is 4.53. The zero-order chi connectivity index (χ0) is 14.9. The Balaban J connectivity index is 2.33. The molecule has 9 heteroatoms. The van der Waals surface area contributed by atoms with Crippen molar-refractivity contribution in [3.8, 4) is 0 Å². The van der Waals surface area contributed by atoms with Gasteiger partial charge in [0.15, 0.2) is 0 Å². The van der Waals surface area contributed by atoms with Crippen LogP contribution in [0.15, 0.2) is 34.5 Å². The number of carboxylic acids is 1. The highest BCUT2D eigenvalue weighted by Gasteiger charge is 2.20. The Kier molecular flexibility index (Phi) is 4.57. The first kappa shape index (κ1) is 15.5. The van der Waals surface area contributed by atoms with Gasteiger partial charge in [-0.2, -0.15) is 0 Å². The van der Waals surface area contributed by atoms with Crippen LogP contribution in [-0.2, 0) is 10.0 Å². The second-order valence-electron chi connectivity index (χ2n) is 3.65. The summed E-state index contributed by atoms with van der Waals surface area (Å²) in [7, 11) is -3.84. The third-order valence-corrected chi connectivity index (χ3v) is 6.15. The maximum absolute atomic E-state index is 12.1. The smallest absolute Gasteiger partial charge is 0.345 e. The minimum atomic E-state index is -3.84. The Morgan fingerprint density at radius 1 is 1.30 bits per heavy atom. The Hall–Kier alpha value is -0.840. The normalized spacial score (nSPS) is 11.3. The fraction of sp³-hybridized carbons (Fsp3) is 0. The van der Waals surface area contributed by atoms with Crippen LogP contribution in [0.4, 0.5) is 5.69 Å². The lowest BCUT2D eigenvalue weighted by Crippen LogP contribution is -2.11. The third kappa shape index (κ3) is 3.43. The van der Waals surface area contributed by atoms with Gasteiger partial charge in [0.25, 0.3) is 10.0 Å². The molecule has 0 saturated carbocycles. The number of hydrogen-bond acceptors (Lipinski definition) is 4. The summed E-state index contributed by atoms with van der Waals surface area (Å²) in [6, 6.07) is 7.37. The van der Waals surface area contributed by atoms with E-state index in [1.807, 2.05) is 0 Å². The van der Waals surface area contributed by atoms with Crippen molar-refractivity contribution in [1.29, 1.82) is 0 Å². The molecule has 2 aromatic rings. The monoisotopic (exact) mass is 443 g/mol. The number of thiophene rings is 1. The third-order valence-electron chi connectivity index (χ3n) is 2.23. The van der Waals surface area contributed by atoms with Crippen LogP contribution in [0.1, 0.15) is 9.67 Å². The Morgan fingerprint density at radius 2 is 2.00 bits per heavy atom. The number of rotatable bonds is 4. The Labute approximate surface area is 137 Å². The van der Waals surface area contributed by atoms with Crippen molar-refractivity contribution in [3.05, 3.63) is 43.8 Å². The summed E-state index contributed by atoms with van der Waals surface area (Å²) >= 11 is 8.69. The summed E-state index contributed by atoms with van der Waals surface area (Å²) in [6.45, 7) is 0. The van der Waals surface area contributed by atoms with Crippen molar-refractivity contribution < 1.29 is 18.3 Å². The van der Waals surface area contributed by atoms with Gasteiger partial charge in [0.05, 0.1) is 10.7 Å². The van der Waals surface area contributed by atoms with Gasteiger partial charge in [-0.15, -0.1) is 11.3 Å². The molecule has 0 radical (unpaired) electrons. The van der Waals surface area contributed by atoms with Crippen molar-refractivity contribution >= 4 is 67.2 Å². The van der Waals surface area contributed by atoms with E-state index >= 15 is 0 Å². The summed E-state index contributed by atoms with van der Waals surface area (Å²) < 4.78 is 27.4. The first-order valence-corrected chi connectivity index (χ1v) is 8.86. The molecule has 0 atom stereocenters. The number of nitrogens with one attached hydrogen (secondary N) is 1. The first-order valence-electron chi connectivity index (χ1n) is 5.10. The molecule has 2 rings (SSSR count). The molecule has 0 unspecified atom stereocenters.